The highest BCUT2D eigenvalue weighted by molar-refractivity contribution is 5.57. The first-order chi connectivity index (χ1) is 9.34. The summed E-state index contributed by atoms with van der Waals surface area (Å²) in [6.07, 6.45) is 0.343. The zero-order valence-electron chi connectivity index (χ0n) is 10.8. The Labute approximate surface area is 107 Å². The Morgan fingerprint density at radius 2 is 1.61 bits per heavy atom. The number of hydrogen-bond donors (Lipinski definition) is 0. The summed E-state index contributed by atoms with van der Waals surface area (Å²) in [5.74, 6) is 0. The van der Waals surface area contributed by atoms with Crippen LogP contribution in [0.15, 0.2) is 66.8 Å². The average Bonchev–Trinajstić information content (AvgIpc) is 2.82. The summed E-state index contributed by atoms with van der Waals surface area (Å²) in [4.78, 5) is 0. The lowest BCUT2D eigenvalue weighted by molar-refractivity contribution is 0.650. The van der Waals surface area contributed by atoms with E-state index < -0.39 is 0 Å². The average molecular weight is 236 g/mol. The maximum atomic E-state index is 8.15. The molecule has 0 saturated heterocycles. The van der Waals surface area contributed by atoms with Gasteiger partial charge in [-0.25, -0.2) is 4.68 Å². The van der Waals surface area contributed by atoms with Crippen LogP contribution < -0.4 is 0 Å². The Morgan fingerprint density at radius 3 is 2.33 bits per heavy atom. The SMILES string of the molecule is [2H]c1c(-c2ccccc2)nnn1Cc1ccccc1. The van der Waals surface area contributed by atoms with Crippen molar-refractivity contribution in [3.8, 4) is 11.3 Å². The number of hydrogen-bond acceptors (Lipinski definition) is 2. The Morgan fingerprint density at radius 1 is 0.944 bits per heavy atom. The van der Waals surface area contributed by atoms with Crippen LogP contribution in [0.1, 0.15) is 6.93 Å². The number of benzene rings is 2. The van der Waals surface area contributed by atoms with Gasteiger partial charge < -0.3 is 0 Å². The second-order valence-corrected chi connectivity index (χ2v) is 4.06. The number of rotatable bonds is 3. The van der Waals surface area contributed by atoms with Crippen molar-refractivity contribution >= 4 is 0 Å². The lowest BCUT2D eigenvalue weighted by Crippen LogP contribution is -1.99. The van der Waals surface area contributed by atoms with Crippen molar-refractivity contribution in [2.45, 2.75) is 6.54 Å². The molecule has 0 saturated carbocycles. The zero-order chi connectivity index (χ0) is 13.1. The quantitative estimate of drug-likeness (QED) is 0.700. The van der Waals surface area contributed by atoms with Gasteiger partial charge in [0.05, 0.1) is 14.1 Å². The van der Waals surface area contributed by atoms with Gasteiger partial charge in [0, 0.05) is 5.56 Å². The van der Waals surface area contributed by atoms with Gasteiger partial charge in [0.1, 0.15) is 5.69 Å². The van der Waals surface area contributed by atoms with Crippen LogP contribution in [0.4, 0.5) is 0 Å². The summed E-state index contributed by atoms with van der Waals surface area (Å²) >= 11 is 0. The minimum Gasteiger partial charge on any atom is -0.247 e. The highest BCUT2D eigenvalue weighted by Gasteiger charge is 2.03. The van der Waals surface area contributed by atoms with Crippen LogP contribution >= 0.6 is 0 Å². The first kappa shape index (κ1) is 9.59. The van der Waals surface area contributed by atoms with Gasteiger partial charge in [0.2, 0.25) is 0 Å². The predicted octanol–water partition coefficient (Wildman–Crippen LogP) is 2.99. The van der Waals surface area contributed by atoms with Gasteiger partial charge >= 0.3 is 0 Å². The molecule has 18 heavy (non-hydrogen) atoms. The van der Waals surface area contributed by atoms with Crippen molar-refractivity contribution in [1.82, 2.24) is 15.0 Å². The van der Waals surface area contributed by atoms with Crippen molar-refractivity contribution in [3.63, 3.8) is 0 Å². The topological polar surface area (TPSA) is 30.7 Å². The molecule has 0 N–H and O–H groups in total. The minimum absolute atomic E-state index is 0.343. The standard InChI is InChI=1S/C15H13N3/c1-3-7-13(8-4-1)11-18-12-15(16-17-18)14-9-5-2-6-10-14/h1-10,12H,11H2/i12D. The number of nitrogens with zero attached hydrogens (tertiary/aromatic N) is 3. The molecule has 0 fully saturated rings. The molecule has 1 aromatic heterocycles. The van der Waals surface area contributed by atoms with Crippen LogP contribution in [0.5, 0.6) is 0 Å². The van der Waals surface area contributed by atoms with Crippen LogP contribution in [-0.4, -0.2) is 15.0 Å². The Hall–Kier alpha value is -2.42. The molecule has 0 spiro atoms. The second-order valence-electron chi connectivity index (χ2n) is 4.06. The summed E-state index contributed by atoms with van der Waals surface area (Å²) in [5, 5.41) is 8.17. The van der Waals surface area contributed by atoms with E-state index >= 15 is 0 Å². The van der Waals surface area contributed by atoms with Crippen LogP contribution in [0.3, 0.4) is 0 Å². The lowest BCUT2D eigenvalue weighted by atomic mass is 10.2. The van der Waals surface area contributed by atoms with Crippen LogP contribution in [0.25, 0.3) is 11.3 Å². The molecule has 0 aliphatic carbocycles. The second kappa shape index (κ2) is 4.84. The van der Waals surface area contributed by atoms with Gasteiger partial charge in [0.15, 0.2) is 0 Å². The molecule has 2 aromatic carbocycles. The first-order valence-electron chi connectivity index (χ1n) is 6.34. The molecule has 3 nitrogen and oxygen atoms in total. The van der Waals surface area contributed by atoms with Crippen molar-refractivity contribution < 1.29 is 1.37 Å². The van der Waals surface area contributed by atoms with Gasteiger partial charge in [0.25, 0.3) is 0 Å². The summed E-state index contributed by atoms with van der Waals surface area (Å²) < 4.78 is 9.76. The van der Waals surface area contributed by atoms with Crippen molar-refractivity contribution in [2.75, 3.05) is 0 Å². The molecule has 0 unspecified atom stereocenters. The Balaban J connectivity index is 1.92. The fraction of sp³-hybridized carbons (Fsp3) is 0.0667. The summed E-state index contributed by atoms with van der Waals surface area (Å²) in [7, 11) is 0. The fourth-order valence-corrected chi connectivity index (χ4v) is 1.81. The minimum atomic E-state index is 0.343. The molecule has 0 atom stereocenters. The van der Waals surface area contributed by atoms with E-state index in [0.29, 0.717) is 18.4 Å². The third-order valence-corrected chi connectivity index (χ3v) is 2.71. The molecule has 3 rings (SSSR count). The molecule has 0 bridgehead atoms. The molecule has 0 aliphatic heterocycles. The van der Waals surface area contributed by atoms with E-state index in [9.17, 15) is 0 Å². The molecule has 0 amide bonds. The van der Waals surface area contributed by atoms with Gasteiger partial charge in [-0.05, 0) is 5.56 Å². The predicted molar refractivity (Wildman–Crippen MR) is 71.0 cm³/mol. The summed E-state index contributed by atoms with van der Waals surface area (Å²) in [6.45, 7) is 0.569. The molecular weight excluding hydrogens is 222 g/mol. The Kier molecular flexibility index (Phi) is 2.58. The van der Waals surface area contributed by atoms with E-state index in [1.165, 1.54) is 0 Å². The fourth-order valence-electron chi connectivity index (χ4n) is 1.81. The largest absolute Gasteiger partial charge is 0.247 e. The van der Waals surface area contributed by atoms with E-state index in [4.69, 9.17) is 1.37 Å². The van der Waals surface area contributed by atoms with Crippen molar-refractivity contribution in [3.05, 3.63) is 72.4 Å². The van der Waals surface area contributed by atoms with Gasteiger partial charge in [-0.2, -0.15) is 0 Å². The maximum Gasteiger partial charge on any atom is 0.113 e. The molecular formula is C15H13N3. The van der Waals surface area contributed by atoms with E-state index in [2.05, 4.69) is 10.3 Å². The van der Waals surface area contributed by atoms with E-state index in [1.54, 1.807) is 4.68 Å². The van der Waals surface area contributed by atoms with Gasteiger partial charge in [-0.15, -0.1) is 5.10 Å². The van der Waals surface area contributed by atoms with E-state index in [0.717, 1.165) is 11.1 Å². The highest BCUT2D eigenvalue weighted by atomic mass is 15.4. The van der Waals surface area contributed by atoms with Crippen molar-refractivity contribution in [1.29, 1.82) is 0 Å². The molecule has 3 heteroatoms. The van der Waals surface area contributed by atoms with Crippen LogP contribution in [0.2, 0.25) is 0 Å². The first-order valence-corrected chi connectivity index (χ1v) is 5.84. The van der Waals surface area contributed by atoms with Gasteiger partial charge in [-0.3, -0.25) is 0 Å². The van der Waals surface area contributed by atoms with E-state index in [-0.39, 0.29) is 0 Å². The Bertz CT molecular complexity index is 662. The molecule has 1 heterocycles. The lowest BCUT2D eigenvalue weighted by Gasteiger charge is -1.99. The normalized spacial score (nSPS) is 11.2. The van der Waals surface area contributed by atoms with Gasteiger partial charge in [-0.1, -0.05) is 65.9 Å². The zero-order valence-corrected chi connectivity index (χ0v) is 9.82. The maximum absolute atomic E-state index is 8.15. The number of aromatic nitrogens is 3. The molecule has 3 aromatic rings. The molecule has 0 radical (unpaired) electrons. The summed E-state index contributed by atoms with van der Waals surface area (Å²) in [6, 6.07) is 19.7. The molecule has 88 valence electrons. The third-order valence-electron chi connectivity index (χ3n) is 2.71. The highest BCUT2D eigenvalue weighted by Crippen LogP contribution is 2.15. The third kappa shape index (κ3) is 2.30. The van der Waals surface area contributed by atoms with E-state index in [1.807, 2.05) is 60.7 Å². The van der Waals surface area contributed by atoms with Crippen LogP contribution in [0, 0.1) is 0 Å². The smallest absolute Gasteiger partial charge is 0.113 e. The monoisotopic (exact) mass is 236 g/mol. The molecule has 0 aliphatic rings. The summed E-state index contributed by atoms with van der Waals surface area (Å²) in [5.41, 5.74) is 2.66. The van der Waals surface area contributed by atoms with Crippen molar-refractivity contribution in [2.24, 2.45) is 0 Å². The van der Waals surface area contributed by atoms with Crippen LogP contribution in [-0.2, 0) is 6.54 Å².